The van der Waals surface area contributed by atoms with E-state index in [0.717, 1.165) is 16.9 Å². The molecule has 1 aromatic carbocycles. The van der Waals surface area contributed by atoms with Crippen LogP contribution in [-0.4, -0.2) is 23.4 Å². The molecule has 2 rings (SSSR count). The van der Waals surface area contributed by atoms with Crippen molar-refractivity contribution in [3.8, 4) is 5.75 Å². The van der Waals surface area contributed by atoms with Crippen molar-refractivity contribution >= 4 is 23.5 Å². The molecule has 1 heterocycles. The summed E-state index contributed by atoms with van der Waals surface area (Å²) in [6.07, 6.45) is 5.10. The summed E-state index contributed by atoms with van der Waals surface area (Å²) in [5.74, 6) is 0.834. The second-order valence-corrected chi connectivity index (χ2v) is 4.60. The van der Waals surface area contributed by atoms with Gasteiger partial charge in [0.05, 0.1) is 13.3 Å². The van der Waals surface area contributed by atoms with Crippen LogP contribution in [0.1, 0.15) is 11.1 Å². The summed E-state index contributed by atoms with van der Waals surface area (Å²) in [6, 6.07) is 11.5. The van der Waals surface area contributed by atoms with Crippen molar-refractivity contribution in [1.29, 1.82) is 0 Å². The highest BCUT2D eigenvalue weighted by atomic mass is 32.1. The summed E-state index contributed by atoms with van der Waals surface area (Å²) in [4.78, 5) is 3.99. The normalized spacial score (nSPS) is 10.3. The van der Waals surface area contributed by atoms with Crippen molar-refractivity contribution in [2.45, 2.75) is 6.54 Å². The maximum absolute atomic E-state index is 5.14. The summed E-state index contributed by atoms with van der Waals surface area (Å²) in [5.41, 5.74) is 4.77. The summed E-state index contributed by atoms with van der Waals surface area (Å²) in [5, 5.41) is 7.58. The van der Waals surface area contributed by atoms with Crippen molar-refractivity contribution in [1.82, 2.24) is 15.7 Å². The zero-order valence-corrected chi connectivity index (χ0v) is 12.4. The minimum Gasteiger partial charge on any atom is -0.497 e. The molecule has 6 heteroatoms. The Morgan fingerprint density at radius 3 is 2.81 bits per heavy atom. The largest absolute Gasteiger partial charge is 0.497 e. The number of thiocarbonyl (C=S) groups is 1. The van der Waals surface area contributed by atoms with E-state index in [9.17, 15) is 0 Å². The third-order valence-corrected chi connectivity index (χ3v) is 2.91. The monoisotopic (exact) mass is 300 g/mol. The summed E-state index contributed by atoms with van der Waals surface area (Å²) >= 11 is 5.14. The Morgan fingerprint density at radius 2 is 2.14 bits per heavy atom. The fraction of sp³-hybridized carbons (Fsp3) is 0.133. The van der Waals surface area contributed by atoms with Crippen LogP contribution in [0.2, 0.25) is 0 Å². The average molecular weight is 300 g/mol. The van der Waals surface area contributed by atoms with Crippen LogP contribution in [-0.2, 0) is 6.54 Å². The molecule has 0 saturated carbocycles. The summed E-state index contributed by atoms with van der Waals surface area (Å²) in [7, 11) is 1.65. The molecule has 0 aliphatic rings. The van der Waals surface area contributed by atoms with E-state index < -0.39 is 0 Å². The molecule has 0 saturated heterocycles. The highest BCUT2D eigenvalue weighted by Crippen LogP contribution is 2.10. The van der Waals surface area contributed by atoms with E-state index in [4.69, 9.17) is 17.0 Å². The van der Waals surface area contributed by atoms with Gasteiger partial charge in [0.15, 0.2) is 5.11 Å². The number of hydrazone groups is 1. The van der Waals surface area contributed by atoms with Crippen molar-refractivity contribution in [2.24, 2.45) is 5.10 Å². The predicted molar refractivity (Wildman–Crippen MR) is 87.4 cm³/mol. The number of nitrogens with zero attached hydrogens (tertiary/aromatic N) is 2. The molecule has 0 aliphatic carbocycles. The average Bonchev–Trinajstić information content (AvgIpc) is 2.54. The molecule has 108 valence electrons. The second-order valence-electron chi connectivity index (χ2n) is 4.19. The maximum Gasteiger partial charge on any atom is 0.187 e. The van der Waals surface area contributed by atoms with Gasteiger partial charge in [0.25, 0.3) is 0 Å². The lowest BCUT2D eigenvalue weighted by Gasteiger charge is -2.07. The molecule has 2 aromatic rings. The second kappa shape index (κ2) is 7.96. The van der Waals surface area contributed by atoms with Crippen LogP contribution >= 0.6 is 12.2 Å². The molecule has 0 unspecified atom stereocenters. The lowest BCUT2D eigenvalue weighted by atomic mass is 10.2. The van der Waals surface area contributed by atoms with Gasteiger partial charge in [-0.25, -0.2) is 0 Å². The minimum atomic E-state index is 0.464. The molecular formula is C15H16N4OS. The third-order valence-electron chi connectivity index (χ3n) is 2.68. The first-order chi connectivity index (χ1) is 10.3. The Kier molecular flexibility index (Phi) is 5.66. The molecule has 21 heavy (non-hydrogen) atoms. The van der Waals surface area contributed by atoms with E-state index in [1.165, 1.54) is 0 Å². The molecule has 2 N–H and O–H groups in total. The molecule has 0 amide bonds. The van der Waals surface area contributed by atoms with Gasteiger partial charge in [0, 0.05) is 24.5 Å². The topological polar surface area (TPSA) is 58.5 Å². The van der Waals surface area contributed by atoms with Crippen LogP contribution < -0.4 is 15.5 Å². The zero-order chi connectivity index (χ0) is 14.9. The van der Waals surface area contributed by atoms with Crippen LogP contribution in [0.4, 0.5) is 0 Å². The molecule has 5 nitrogen and oxygen atoms in total. The van der Waals surface area contributed by atoms with E-state index in [2.05, 4.69) is 20.8 Å². The first kappa shape index (κ1) is 14.9. The van der Waals surface area contributed by atoms with E-state index in [-0.39, 0.29) is 0 Å². The number of pyridine rings is 1. The van der Waals surface area contributed by atoms with Gasteiger partial charge in [0.1, 0.15) is 5.75 Å². The number of hydrogen-bond acceptors (Lipinski definition) is 4. The van der Waals surface area contributed by atoms with Gasteiger partial charge in [-0.2, -0.15) is 5.10 Å². The fourth-order valence-electron chi connectivity index (χ4n) is 1.58. The van der Waals surface area contributed by atoms with Gasteiger partial charge >= 0.3 is 0 Å². The van der Waals surface area contributed by atoms with Crippen molar-refractivity contribution in [2.75, 3.05) is 7.11 Å². The Labute approximate surface area is 129 Å². The molecule has 0 spiro atoms. The molecule has 0 aliphatic heterocycles. The van der Waals surface area contributed by atoms with Crippen molar-refractivity contribution < 1.29 is 4.74 Å². The standard InChI is InChI=1S/C15H16N4OS/c1-20-14-6-4-12(5-7-14)10-17-15(21)19-18-11-13-3-2-8-16-9-13/h2-9,11H,10H2,1H3,(H2,17,19,21)/b18-11+. The minimum absolute atomic E-state index is 0.464. The third kappa shape index (κ3) is 5.19. The molecule has 0 radical (unpaired) electrons. The zero-order valence-electron chi connectivity index (χ0n) is 11.6. The number of ether oxygens (including phenoxy) is 1. The fourth-order valence-corrected chi connectivity index (χ4v) is 1.71. The van der Waals surface area contributed by atoms with E-state index in [1.54, 1.807) is 25.7 Å². The van der Waals surface area contributed by atoms with E-state index in [1.807, 2.05) is 36.4 Å². The molecule has 1 aromatic heterocycles. The first-order valence-corrected chi connectivity index (χ1v) is 6.78. The van der Waals surface area contributed by atoms with Gasteiger partial charge < -0.3 is 10.1 Å². The van der Waals surface area contributed by atoms with E-state index >= 15 is 0 Å². The highest BCUT2D eigenvalue weighted by molar-refractivity contribution is 7.80. The Morgan fingerprint density at radius 1 is 1.33 bits per heavy atom. The van der Waals surface area contributed by atoms with Crippen LogP contribution in [0.25, 0.3) is 0 Å². The van der Waals surface area contributed by atoms with Crippen molar-refractivity contribution in [3.05, 3.63) is 59.9 Å². The van der Waals surface area contributed by atoms with Gasteiger partial charge in [-0.1, -0.05) is 18.2 Å². The first-order valence-electron chi connectivity index (χ1n) is 6.38. The quantitative estimate of drug-likeness (QED) is 0.503. The Balaban J connectivity index is 1.75. The number of methoxy groups -OCH3 is 1. The number of aromatic nitrogens is 1. The van der Waals surface area contributed by atoms with E-state index in [0.29, 0.717) is 11.7 Å². The van der Waals surface area contributed by atoms with Crippen LogP contribution in [0, 0.1) is 0 Å². The van der Waals surface area contributed by atoms with Crippen molar-refractivity contribution in [3.63, 3.8) is 0 Å². The van der Waals surface area contributed by atoms with Crippen LogP contribution in [0.3, 0.4) is 0 Å². The number of hydrogen-bond donors (Lipinski definition) is 2. The Hall–Kier alpha value is -2.47. The van der Waals surface area contributed by atoms with Gasteiger partial charge in [-0.3, -0.25) is 10.4 Å². The lowest BCUT2D eigenvalue weighted by molar-refractivity contribution is 0.414. The van der Waals surface area contributed by atoms with Crippen LogP contribution in [0.15, 0.2) is 53.9 Å². The van der Waals surface area contributed by atoms with Crippen LogP contribution in [0.5, 0.6) is 5.75 Å². The number of benzene rings is 1. The number of rotatable bonds is 5. The maximum atomic E-state index is 5.14. The van der Waals surface area contributed by atoms with Gasteiger partial charge in [-0.05, 0) is 36.0 Å². The smallest absolute Gasteiger partial charge is 0.187 e. The molecule has 0 atom stereocenters. The molecule has 0 fully saturated rings. The lowest BCUT2D eigenvalue weighted by Crippen LogP contribution is -2.31. The summed E-state index contributed by atoms with van der Waals surface area (Å²) < 4.78 is 5.11. The summed E-state index contributed by atoms with van der Waals surface area (Å²) in [6.45, 7) is 0.623. The molecule has 0 bridgehead atoms. The number of nitrogens with one attached hydrogen (secondary N) is 2. The van der Waals surface area contributed by atoms with Gasteiger partial charge in [-0.15, -0.1) is 0 Å². The van der Waals surface area contributed by atoms with Gasteiger partial charge in [0.2, 0.25) is 0 Å². The Bertz CT molecular complexity index is 599. The predicted octanol–water partition coefficient (Wildman–Crippen LogP) is 2.09. The SMILES string of the molecule is COc1ccc(CNC(=S)N/N=C/c2cccnc2)cc1. The molecular weight excluding hydrogens is 284 g/mol. The highest BCUT2D eigenvalue weighted by Gasteiger charge is 1.96.